The molecule has 0 saturated heterocycles. The van der Waals surface area contributed by atoms with Crippen LogP contribution in [-0.4, -0.2) is 16.0 Å². The third-order valence-corrected chi connectivity index (χ3v) is 4.52. The molecule has 0 spiro atoms. The highest BCUT2D eigenvalue weighted by Gasteiger charge is 2.20. The molecule has 112 valence electrons. The molecule has 2 nitrogen and oxygen atoms in total. The first-order valence-electron chi connectivity index (χ1n) is 6.78. The molecule has 0 radical (unpaired) electrons. The van der Waals surface area contributed by atoms with Crippen molar-refractivity contribution in [3.05, 3.63) is 65.9 Å². The van der Waals surface area contributed by atoms with Gasteiger partial charge in [0.15, 0.2) is 17.4 Å². The zero-order valence-electron chi connectivity index (χ0n) is 11.8. The molecule has 0 aliphatic carbocycles. The van der Waals surface area contributed by atoms with Gasteiger partial charge in [0.05, 0.1) is 5.25 Å². The van der Waals surface area contributed by atoms with Crippen LogP contribution in [0.1, 0.15) is 17.3 Å². The molecule has 0 aliphatic heterocycles. The first-order valence-corrected chi connectivity index (χ1v) is 7.66. The summed E-state index contributed by atoms with van der Waals surface area (Å²) in [5.41, 5.74) is 1.51. The van der Waals surface area contributed by atoms with Crippen molar-refractivity contribution >= 4 is 28.4 Å². The fraction of sp³-hybridized carbons (Fsp3) is 0.118. The molecule has 1 heterocycles. The minimum absolute atomic E-state index is 0.0489. The van der Waals surface area contributed by atoms with E-state index in [0.717, 1.165) is 23.0 Å². The van der Waals surface area contributed by atoms with Gasteiger partial charge in [-0.25, -0.2) is 8.78 Å². The number of rotatable bonds is 4. The van der Waals surface area contributed by atoms with Crippen LogP contribution < -0.4 is 0 Å². The Morgan fingerprint density at radius 1 is 1.14 bits per heavy atom. The molecule has 0 fully saturated rings. The number of carbonyl (C=O) groups is 1. The Morgan fingerprint density at radius 2 is 1.91 bits per heavy atom. The summed E-state index contributed by atoms with van der Waals surface area (Å²) in [6, 6.07) is 11.2. The van der Waals surface area contributed by atoms with E-state index in [-0.39, 0.29) is 5.78 Å². The molecule has 0 bridgehead atoms. The molecule has 1 aromatic heterocycles. The maximum Gasteiger partial charge on any atom is 0.178 e. The quantitative estimate of drug-likeness (QED) is 0.553. The summed E-state index contributed by atoms with van der Waals surface area (Å²) < 4.78 is 26.2. The van der Waals surface area contributed by atoms with Crippen molar-refractivity contribution in [2.24, 2.45) is 0 Å². The van der Waals surface area contributed by atoms with Crippen LogP contribution in [-0.2, 0) is 0 Å². The van der Waals surface area contributed by atoms with Gasteiger partial charge in [0, 0.05) is 27.6 Å². The minimum Gasteiger partial charge on any atom is -0.360 e. The Morgan fingerprint density at radius 3 is 2.68 bits per heavy atom. The molecule has 0 aliphatic rings. The maximum absolute atomic E-state index is 13.2. The Labute approximate surface area is 130 Å². The van der Waals surface area contributed by atoms with Crippen LogP contribution in [0.5, 0.6) is 0 Å². The summed E-state index contributed by atoms with van der Waals surface area (Å²) in [5, 5.41) is 0.467. The molecule has 0 saturated carbocycles. The number of aromatic nitrogens is 1. The van der Waals surface area contributed by atoms with E-state index in [1.54, 1.807) is 13.1 Å². The predicted molar refractivity (Wildman–Crippen MR) is 84.3 cm³/mol. The van der Waals surface area contributed by atoms with Crippen molar-refractivity contribution in [1.29, 1.82) is 0 Å². The Balaban J connectivity index is 1.83. The van der Waals surface area contributed by atoms with E-state index in [1.807, 2.05) is 24.3 Å². The number of aromatic amines is 1. The monoisotopic (exact) mass is 317 g/mol. The average Bonchev–Trinajstić information content (AvgIpc) is 2.94. The largest absolute Gasteiger partial charge is 0.360 e. The smallest absolute Gasteiger partial charge is 0.178 e. The van der Waals surface area contributed by atoms with Gasteiger partial charge >= 0.3 is 0 Å². The minimum atomic E-state index is -0.906. The van der Waals surface area contributed by atoms with E-state index in [4.69, 9.17) is 0 Å². The number of H-pyrrole nitrogens is 1. The fourth-order valence-corrected chi connectivity index (χ4v) is 3.26. The summed E-state index contributed by atoms with van der Waals surface area (Å²) in [5.74, 6) is -1.84. The van der Waals surface area contributed by atoms with Crippen molar-refractivity contribution in [3.8, 4) is 0 Å². The number of fused-ring (bicyclic) bond motifs is 1. The lowest BCUT2D eigenvalue weighted by atomic mass is 10.1. The first-order chi connectivity index (χ1) is 10.6. The molecule has 2 aromatic carbocycles. The standard InChI is InChI=1S/C17H13F2NOS/c1-10(22-11-6-7-14(18)15(19)8-11)17(21)13-9-20-16-5-3-2-4-12(13)16/h2-10,20H,1H3. The second-order valence-electron chi connectivity index (χ2n) is 4.95. The number of hydrogen-bond acceptors (Lipinski definition) is 2. The summed E-state index contributed by atoms with van der Waals surface area (Å²) in [7, 11) is 0. The number of thioether (sulfide) groups is 1. The number of Topliss-reactive ketones (excluding diaryl/α,β-unsaturated/α-hetero) is 1. The lowest BCUT2D eigenvalue weighted by molar-refractivity contribution is 0.0995. The Hall–Kier alpha value is -2.14. The van der Waals surface area contributed by atoms with Gasteiger partial charge in [-0.05, 0) is 31.2 Å². The summed E-state index contributed by atoms with van der Waals surface area (Å²) in [6.45, 7) is 1.76. The van der Waals surface area contributed by atoms with E-state index in [9.17, 15) is 13.6 Å². The number of para-hydroxylation sites is 1. The van der Waals surface area contributed by atoms with Crippen molar-refractivity contribution in [1.82, 2.24) is 4.98 Å². The zero-order valence-corrected chi connectivity index (χ0v) is 12.6. The Kier molecular flexibility index (Phi) is 3.98. The third-order valence-electron chi connectivity index (χ3n) is 3.43. The van der Waals surface area contributed by atoms with E-state index in [0.29, 0.717) is 10.5 Å². The van der Waals surface area contributed by atoms with E-state index >= 15 is 0 Å². The van der Waals surface area contributed by atoms with Crippen LogP contribution in [0.2, 0.25) is 0 Å². The average molecular weight is 317 g/mol. The molecule has 0 amide bonds. The van der Waals surface area contributed by atoms with E-state index < -0.39 is 16.9 Å². The normalized spacial score (nSPS) is 12.5. The first kappa shape index (κ1) is 14.8. The highest BCUT2D eigenvalue weighted by atomic mass is 32.2. The molecule has 5 heteroatoms. The molecule has 1 atom stereocenters. The predicted octanol–water partition coefficient (Wildman–Crippen LogP) is 4.81. The zero-order chi connectivity index (χ0) is 15.7. The van der Waals surface area contributed by atoms with Crippen LogP contribution in [0, 0.1) is 11.6 Å². The number of ketones is 1. The van der Waals surface area contributed by atoms with Crippen molar-refractivity contribution < 1.29 is 13.6 Å². The molecule has 22 heavy (non-hydrogen) atoms. The lowest BCUT2D eigenvalue weighted by Gasteiger charge is -2.10. The van der Waals surface area contributed by atoms with Gasteiger partial charge in [-0.3, -0.25) is 4.79 Å². The van der Waals surface area contributed by atoms with Crippen LogP contribution in [0.3, 0.4) is 0 Å². The van der Waals surface area contributed by atoms with Crippen molar-refractivity contribution in [3.63, 3.8) is 0 Å². The van der Waals surface area contributed by atoms with E-state index in [1.165, 1.54) is 17.8 Å². The molecular formula is C17H13F2NOS. The molecule has 3 aromatic rings. The van der Waals surface area contributed by atoms with E-state index in [2.05, 4.69) is 4.98 Å². The highest BCUT2D eigenvalue weighted by Crippen LogP contribution is 2.29. The van der Waals surface area contributed by atoms with Gasteiger partial charge in [0.2, 0.25) is 0 Å². The summed E-state index contributed by atoms with van der Waals surface area (Å²) in [4.78, 5) is 16.2. The second kappa shape index (κ2) is 5.93. The number of halogens is 2. The molecule has 1 N–H and O–H groups in total. The van der Waals surface area contributed by atoms with Crippen molar-refractivity contribution in [2.45, 2.75) is 17.1 Å². The Bertz CT molecular complexity index is 844. The number of nitrogens with one attached hydrogen (secondary N) is 1. The third kappa shape index (κ3) is 2.76. The SMILES string of the molecule is CC(Sc1ccc(F)c(F)c1)C(=O)c1c[nH]c2ccccc12. The number of benzene rings is 2. The maximum atomic E-state index is 13.2. The molecule has 3 rings (SSSR count). The van der Waals surface area contributed by atoms with Crippen LogP contribution >= 0.6 is 11.8 Å². The van der Waals surface area contributed by atoms with Gasteiger partial charge in [0.25, 0.3) is 0 Å². The van der Waals surface area contributed by atoms with Gasteiger partial charge in [-0.15, -0.1) is 11.8 Å². The topological polar surface area (TPSA) is 32.9 Å². The van der Waals surface area contributed by atoms with Crippen LogP contribution in [0.25, 0.3) is 10.9 Å². The van der Waals surface area contributed by atoms with Gasteiger partial charge in [0.1, 0.15) is 0 Å². The summed E-state index contributed by atoms with van der Waals surface area (Å²) in [6.07, 6.45) is 1.69. The second-order valence-corrected chi connectivity index (χ2v) is 6.36. The van der Waals surface area contributed by atoms with Gasteiger partial charge in [-0.1, -0.05) is 18.2 Å². The van der Waals surface area contributed by atoms with Crippen LogP contribution in [0.4, 0.5) is 8.78 Å². The van der Waals surface area contributed by atoms with Gasteiger partial charge in [-0.2, -0.15) is 0 Å². The number of hydrogen-bond donors (Lipinski definition) is 1. The molecule has 1 unspecified atom stereocenters. The van der Waals surface area contributed by atoms with Crippen LogP contribution in [0.15, 0.2) is 53.6 Å². The van der Waals surface area contributed by atoms with Crippen molar-refractivity contribution in [2.75, 3.05) is 0 Å². The lowest BCUT2D eigenvalue weighted by Crippen LogP contribution is -2.13. The number of carbonyl (C=O) groups excluding carboxylic acids is 1. The molecular weight excluding hydrogens is 304 g/mol. The summed E-state index contributed by atoms with van der Waals surface area (Å²) >= 11 is 1.21. The highest BCUT2D eigenvalue weighted by molar-refractivity contribution is 8.00. The van der Waals surface area contributed by atoms with Gasteiger partial charge < -0.3 is 4.98 Å². The fourth-order valence-electron chi connectivity index (χ4n) is 2.30.